The van der Waals surface area contributed by atoms with E-state index in [4.69, 9.17) is 4.74 Å². The first-order chi connectivity index (χ1) is 12.6. The Kier molecular flexibility index (Phi) is 4.16. The van der Waals surface area contributed by atoms with E-state index in [1.807, 2.05) is 48.9 Å². The Morgan fingerprint density at radius 3 is 2.73 bits per heavy atom. The molecule has 0 saturated heterocycles. The second-order valence-corrected chi connectivity index (χ2v) is 6.48. The van der Waals surface area contributed by atoms with Crippen LogP contribution in [0.3, 0.4) is 0 Å². The molecule has 0 saturated carbocycles. The van der Waals surface area contributed by atoms with Gasteiger partial charge in [0, 0.05) is 19.2 Å². The topological polar surface area (TPSA) is 60.2 Å². The predicted molar refractivity (Wildman–Crippen MR) is 98.7 cm³/mol. The number of amides is 1. The van der Waals surface area contributed by atoms with Crippen molar-refractivity contribution in [2.75, 3.05) is 11.4 Å². The summed E-state index contributed by atoms with van der Waals surface area (Å²) in [5.74, 6) is 2.07. The molecule has 0 bridgehead atoms. The summed E-state index contributed by atoms with van der Waals surface area (Å²) < 4.78 is 7.68. The molecule has 0 N–H and O–H groups in total. The Balaban J connectivity index is 1.53. The van der Waals surface area contributed by atoms with E-state index in [0.717, 1.165) is 35.8 Å². The van der Waals surface area contributed by atoms with E-state index in [9.17, 15) is 4.79 Å². The molecule has 0 aliphatic carbocycles. The van der Waals surface area contributed by atoms with Crippen molar-refractivity contribution in [1.29, 1.82) is 0 Å². The molecule has 132 valence electrons. The highest BCUT2D eigenvalue weighted by atomic mass is 16.5. The van der Waals surface area contributed by atoms with E-state index in [1.54, 1.807) is 23.2 Å². The monoisotopic (exact) mass is 348 g/mol. The second kappa shape index (κ2) is 6.63. The molecule has 1 amide bonds. The molecular formula is C20H20N4O2. The Morgan fingerprint density at radius 2 is 1.96 bits per heavy atom. The van der Waals surface area contributed by atoms with E-state index in [1.165, 1.54) is 0 Å². The van der Waals surface area contributed by atoms with Crippen LogP contribution in [0.2, 0.25) is 0 Å². The maximum absolute atomic E-state index is 12.9. The molecule has 2 aromatic heterocycles. The van der Waals surface area contributed by atoms with E-state index < -0.39 is 0 Å². The van der Waals surface area contributed by atoms with Gasteiger partial charge in [0.1, 0.15) is 23.0 Å². The van der Waals surface area contributed by atoms with E-state index in [-0.39, 0.29) is 5.91 Å². The lowest BCUT2D eigenvalue weighted by Gasteiger charge is -2.27. The maximum atomic E-state index is 12.9. The Labute approximate surface area is 152 Å². The van der Waals surface area contributed by atoms with Gasteiger partial charge in [0.05, 0.1) is 11.9 Å². The van der Waals surface area contributed by atoms with Gasteiger partial charge in [0.25, 0.3) is 5.91 Å². The molecular weight excluding hydrogens is 328 g/mol. The molecule has 0 spiro atoms. The van der Waals surface area contributed by atoms with Crippen LogP contribution in [0.25, 0.3) is 0 Å². The minimum atomic E-state index is -0.118. The number of hydrogen-bond acceptors (Lipinski definition) is 4. The van der Waals surface area contributed by atoms with Gasteiger partial charge in [-0.25, -0.2) is 9.67 Å². The first kappa shape index (κ1) is 16.3. The quantitative estimate of drug-likeness (QED) is 0.723. The lowest BCUT2D eigenvalue weighted by molar-refractivity contribution is 0.0976. The summed E-state index contributed by atoms with van der Waals surface area (Å²) in [7, 11) is 0. The number of benzene rings is 1. The highest BCUT2D eigenvalue weighted by molar-refractivity contribution is 6.04. The van der Waals surface area contributed by atoms with Crippen LogP contribution >= 0.6 is 0 Å². The Bertz CT molecular complexity index is 947. The first-order valence-electron chi connectivity index (χ1n) is 8.67. The predicted octanol–water partition coefficient (Wildman–Crippen LogP) is 3.74. The van der Waals surface area contributed by atoms with Crippen LogP contribution in [0.5, 0.6) is 11.5 Å². The SMILES string of the molecule is Cc1cccc(Oc2ccc(C(=O)N3CCCn4nc(C)cc43)nc2)c1. The minimum absolute atomic E-state index is 0.118. The summed E-state index contributed by atoms with van der Waals surface area (Å²) in [6.07, 6.45) is 2.47. The fourth-order valence-corrected chi connectivity index (χ4v) is 3.13. The van der Waals surface area contributed by atoms with Crippen LogP contribution in [-0.4, -0.2) is 27.2 Å². The summed E-state index contributed by atoms with van der Waals surface area (Å²) in [4.78, 5) is 18.9. The van der Waals surface area contributed by atoms with Crippen molar-refractivity contribution in [3.8, 4) is 11.5 Å². The van der Waals surface area contributed by atoms with Gasteiger partial charge in [0.15, 0.2) is 0 Å². The number of aromatic nitrogens is 3. The third-order valence-corrected chi connectivity index (χ3v) is 4.33. The van der Waals surface area contributed by atoms with Gasteiger partial charge in [-0.1, -0.05) is 12.1 Å². The molecule has 1 aliphatic rings. The maximum Gasteiger partial charge on any atom is 0.278 e. The minimum Gasteiger partial charge on any atom is -0.456 e. The van der Waals surface area contributed by atoms with Gasteiger partial charge in [-0.3, -0.25) is 9.69 Å². The summed E-state index contributed by atoms with van der Waals surface area (Å²) in [5, 5.41) is 4.43. The molecule has 0 unspecified atom stereocenters. The highest BCUT2D eigenvalue weighted by Gasteiger charge is 2.25. The van der Waals surface area contributed by atoms with Gasteiger partial charge in [-0.15, -0.1) is 0 Å². The van der Waals surface area contributed by atoms with Crippen LogP contribution in [-0.2, 0) is 6.54 Å². The molecule has 0 fully saturated rings. The fraction of sp³-hybridized carbons (Fsp3) is 0.250. The standard InChI is InChI=1S/C20H20N4O2/c1-14-5-3-6-16(11-14)26-17-7-8-18(21-13-17)20(25)23-9-4-10-24-19(23)12-15(2)22-24/h3,5-8,11-13H,4,9-10H2,1-2H3. The summed E-state index contributed by atoms with van der Waals surface area (Å²) in [5.41, 5.74) is 2.43. The molecule has 0 radical (unpaired) electrons. The van der Waals surface area contributed by atoms with Crippen LogP contribution in [0.1, 0.15) is 28.2 Å². The summed E-state index contributed by atoms with van der Waals surface area (Å²) in [6, 6.07) is 13.2. The zero-order valence-corrected chi connectivity index (χ0v) is 14.8. The van der Waals surface area contributed by atoms with Crippen molar-refractivity contribution in [3.05, 3.63) is 65.6 Å². The molecule has 1 aliphatic heterocycles. The van der Waals surface area contributed by atoms with Crippen LogP contribution < -0.4 is 9.64 Å². The number of pyridine rings is 1. The van der Waals surface area contributed by atoms with Crippen molar-refractivity contribution in [2.45, 2.75) is 26.8 Å². The van der Waals surface area contributed by atoms with E-state index in [0.29, 0.717) is 18.0 Å². The van der Waals surface area contributed by atoms with Crippen molar-refractivity contribution in [2.24, 2.45) is 0 Å². The lowest BCUT2D eigenvalue weighted by atomic mass is 10.2. The normalized spacial score (nSPS) is 13.4. The molecule has 6 nitrogen and oxygen atoms in total. The smallest absolute Gasteiger partial charge is 0.278 e. The molecule has 1 aromatic carbocycles. The van der Waals surface area contributed by atoms with Gasteiger partial charge in [0.2, 0.25) is 0 Å². The number of anilines is 1. The second-order valence-electron chi connectivity index (χ2n) is 6.48. The fourth-order valence-electron chi connectivity index (χ4n) is 3.13. The number of ether oxygens (including phenoxy) is 1. The third-order valence-electron chi connectivity index (χ3n) is 4.33. The first-order valence-corrected chi connectivity index (χ1v) is 8.67. The van der Waals surface area contributed by atoms with Crippen molar-refractivity contribution in [1.82, 2.24) is 14.8 Å². The molecule has 3 heterocycles. The largest absolute Gasteiger partial charge is 0.456 e. The number of aryl methyl sites for hydroxylation is 3. The van der Waals surface area contributed by atoms with E-state index in [2.05, 4.69) is 10.1 Å². The molecule has 4 rings (SSSR count). The molecule has 26 heavy (non-hydrogen) atoms. The van der Waals surface area contributed by atoms with E-state index >= 15 is 0 Å². The Morgan fingerprint density at radius 1 is 1.08 bits per heavy atom. The number of fused-ring (bicyclic) bond motifs is 1. The third kappa shape index (κ3) is 3.18. The Hall–Kier alpha value is -3.15. The summed E-state index contributed by atoms with van der Waals surface area (Å²) in [6.45, 7) is 5.46. The zero-order valence-electron chi connectivity index (χ0n) is 14.8. The average Bonchev–Trinajstić information content (AvgIpc) is 3.02. The van der Waals surface area contributed by atoms with Gasteiger partial charge >= 0.3 is 0 Å². The number of rotatable bonds is 3. The molecule has 6 heteroatoms. The number of carbonyl (C=O) groups is 1. The zero-order chi connectivity index (χ0) is 18.1. The average molecular weight is 348 g/mol. The van der Waals surface area contributed by atoms with Gasteiger partial charge in [-0.05, 0) is 50.1 Å². The van der Waals surface area contributed by atoms with Crippen molar-refractivity contribution >= 4 is 11.7 Å². The summed E-state index contributed by atoms with van der Waals surface area (Å²) >= 11 is 0. The van der Waals surface area contributed by atoms with Crippen molar-refractivity contribution < 1.29 is 9.53 Å². The van der Waals surface area contributed by atoms with Crippen LogP contribution in [0.15, 0.2) is 48.7 Å². The van der Waals surface area contributed by atoms with Gasteiger partial charge in [-0.2, -0.15) is 5.10 Å². The lowest BCUT2D eigenvalue weighted by Crippen LogP contribution is -2.37. The highest BCUT2D eigenvalue weighted by Crippen LogP contribution is 2.25. The molecule has 0 atom stereocenters. The molecule has 3 aromatic rings. The number of hydrogen-bond donors (Lipinski definition) is 0. The number of nitrogens with zero attached hydrogens (tertiary/aromatic N) is 4. The van der Waals surface area contributed by atoms with Crippen LogP contribution in [0, 0.1) is 13.8 Å². The van der Waals surface area contributed by atoms with Crippen LogP contribution in [0.4, 0.5) is 5.82 Å². The van der Waals surface area contributed by atoms with Gasteiger partial charge < -0.3 is 4.74 Å². The number of carbonyl (C=O) groups excluding carboxylic acids is 1. The van der Waals surface area contributed by atoms with Crippen molar-refractivity contribution in [3.63, 3.8) is 0 Å².